The van der Waals surface area contributed by atoms with Gasteiger partial charge in [0.2, 0.25) is 5.91 Å². The zero-order valence-electron chi connectivity index (χ0n) is 11.8. The lowest BCUT2D eigenvalue weighted by atomic mass is 9.77. The largest absolute Gasteiger partial charge is 0.478 e. The van der Waals surface area contributed by atoms with Gasteiger partial charge in [-0.3, -0.25) is 4.79 Å². The number of hydrogen-bond acceptors (Lipinski definition) is 3. The van der Waals surface area contributed by atoms with E-state index in [-0.39, 0.29) is 17.8 Å². The maximum absolute atomic E-state index is 12.1. The first-order valence-corrected chi connectivity index (χ1v) is 6.65. The molecule has 1 aliphatic carbocycles. The highest BCUT2D eigenvalue weighted by atomic mass is 16.4. The standard InChI is InChI=1S/C14H23NO4/c1-9-4-6-14(8-16,7-5-9)15-12(17)10(2)11(3)13(18)19/h9,16H,4-8H2,1-3H3,(H,15,17)(H,18,19)/b11-10-. The summed E-state index contributed by atoms with van der Waals surface area (Å²) in [5.41, 5.74) is -0.363. The van der Waals surface area contributed by atoms with Gasteiger partial charge in [-0.15, -0.1) is 0 Å². The third kappa shape index (κ3) is 3.80. The SMILES string of the molecule is C/C(C(=O)O)=C(\C)C(=O)NC1(CO)CCC(C)CC1. The second-order valence-electron chi connectivity index (χ2n) is 5.63. The number of carbonyl (C=O) groups excluding carboxylic acids is 1. The first kappa shape index (κ1) is 15.7. The van der Waals surface area contributed by atoms with Crippen LogP contribution in [0, 0.1) is 5.92 Å². The van der Waals surface area contributed by atoms with Crippen LogP contribution < -0.4 is 5.32 Å². The highest BCUT2D eigenvalue weighted by molar-refractivity contribution is 6.01. The van der Waals surface area contributed by atoms with Crippen molar-refractivity contribution in [1.82, 2.24) is 5.32 Å². The van der Waals surface area contributed by atoms with Gasteiger partial charge in [0.25, 0.3) is 0 Å². The fourth-order valence-corrected chi connectivity index (χ4v) is 2.30. The Balaban J connectivity index is 2.79. The molecule has 0 aromatic carbocycles. The van der Waals surface area contributed by atoms with Gasteiger partial charge in [-0.25, -0.2) is 4.79 Å². The summed E-state index contributed by atoms with van der Waals surface area (Å²) in [6.45, 7) is 4.95. The molecule has 1 rings (SSSR count). The van der Waals surface area contributed by atoms with Gasteiger partial charge < -0.3 is 15.5 Å². The van der Waals surface area contributed by atoms with Crippen LogP contribution in [0.25, 0.3) is 0 Å². The van der Waals surface area contributed by atoms with Crippen molar-refractivity contribution in [3.05, 3.63) is 11.1 Å². The molecule has 108 valence electrons. The van der Waals surface area contributed by atoms with E-state index in [1.54, 1.807) is 0 Å². The van der Waals surface area contributed by atoms with Crippen LogP contribution in [0.15, 0.2) is 11.1 Å². The number of aliphatic hydroxyl groups excluding tert-OH is 1. The van der Waals surface area contributed by atoms with E-state index in [4.69, 9.17) is 5.11 Å². The Kier molecular flexibility index (Phi) is 5.11. The maximum Gasteiger partial charge on any atom is 0.331 e. The summed E-state index contributed by atoms with van der Waals surface area (Å²) in [5, 5.41) is 21.3. The first-order valence-electron chi connectivity index (χ1n) is 6.65. The molecule has 0 spiro atoms. The molecule has 0 saturated heterocycles. The van der Waals surface area contributed by atoms with E-state index in [1.165, 1.54) is 13.8 Å². The Morgan fingerprint density at radius 1 is 1.21 bits per heavy atom. The Morgan fingerprint density at radius 2 is 1.74 bits per heavy atom. The van der Waals surface area contributed by atoms with Crippen LogP contribution in [-0.4, -0.2) is 34.2 Å². The number of carboxylic acids is 1. The van der Waals surface area contributed by atoms with Crippen molar-refractivity contribution in [2.75, 3.05) is 6.61 Å². The fraction of sp³-hybridized carbons (Fsp3) is 0.714. The molecule has 1 saturated carbocycles. The van der Waals surface area contributed by atoms with Crippen molar-refractivity contribution in [1.29, 1.82) is 0 Å². The fourth-order valence-electron chi connectivity index (χ4n) is 2.30. The number of amides is 1. The number of aliphatic carboxylic acids is 1. The second kappa shape index (κ2) is 6.19. The summed E-state index contributed by atoms with van der Waals surface area (Å²) in [7, 11) is 0. The Labute approximate surface area is 113 Å². The van der Waals surface area contributed by atoms with Crippen LogP contribution in [-0.2, 0) is 9.59 Å². The molecule has 0 heterocycles. The number of carbonyl (C=O) groups is 2. The minimum atomic E-state index is -1.09. The minimum Gasteiger partial charge on any atom is -0.478 e. The second-order valence-corrected chi connectivity index (χ2v) is 5.63. The average molecular weight is 269 g/mol. The highest BCUT2D eigenvalue weighted by Crippen LogP contribution is 2.31. The van der Waals surface area contributed by atoms with Gasteiger partial charge in [0, 0.05) is 11.1 Å². The summed E-state index contributed by atoms with van der Waals surface area (Å²) in [6.07, 6.45) is 3.38. The van der Waals surface area contributed by atoms with Gasteiger partial charge in [0.1, 0.15) is 0 Å². The van der Waals surface area contributed by atoms with Crippen LogP contribution in [0.1, 0.15) is 46.5 Å². The van der Waals surface area contributed by atoms with Gasteiger partial charge in [0.15, 0.2) is 0 Å². The van der Waals surface area contributed by atoms with Crippen LogP contribution in [0.5, 0.6) is 0 Å². The summed E-state index contributed by atoms with van der Waals surface area (Å²) in [6, 6.07) is 0. The van der Waals surface area contributed by atoms with Crippen molar-refractivity contribution in [2.24, 2.45) is 5.92 Å². The van der Waals surface area contributed by atoms with Gasteiger partial charge in [0.05, 0.1) is 12.1 Å². The molecule has 5 heteroatoms. The van der Waals surface area contributed by atoms with Crippen LogP contribution in [0.3, 0.4) is 0 Å². The molecule has 0 bridgehead atoms. The predicted molar refractivity (Wildman–Crippen MR) is 71.6 cm³/mol. The number of carboxylic acid groups (broad SMARTS) is 1. The molecular weight excluding hydrogens is 246 g/mol. The minimum absolute atomic E-state index is 0.0368. The summed E-state index contributed by atoms with van der Waals surface area (Å²) in [5.74, 6) is -0.888. The van der Waals surface area contributed by atoms with Gasteiger partial charge in [-0.1, -0.05) is 6.92 Å². The van der Waals surface area contributed by atoms with E-state index in [0.717, 1.165) is 25.7 Å². The van der Waals surface area contributed by atoms with E-state index >= 15 is 0 Å². The zero-order valence-corrected chi connectivity index (χ0v) is 11.8. The summed E-state index contributed by atoms with van der Waals surface area (Å²) < 4.78 is 0. The monoisotopic (exact) mass is 269 g/mol. The van der Waals surface area contributed by atoms with Crippen molar-refractivity contribution in [3.8, 4) is 0 Å². The van der Waals surface area contributed by atoms with Crippen molar-refractivity contribution >= 4 is 11.9 Å². The molecule has 1 aliphatic rings. The molecule has 0 aromatic heterocycles. The summed E-state index contributed by atoms with van der Waals surface area (Å²) >= 11 is 0. The van der Waals surface area contributed by atoms with Crippen LogP contribution >= 0.6 is 0 Å². The molecule has 0 radical (unpaired) electrons. The van der Waals surface area contributed by atoms with Crippen LogP contribution in [0.2, 0.25) is 0 Å². The topological polar surface area (TPSA) is 86.6 Å². The average Bonchev–Trinajstić information content (AvgIpc) is 2.39. The molecule has 0 aliphatic heterocycles. The van der Waals surface area contributed by atoms with Gasteiger partial charge in [-0.05, 0) is 45.4 Å². The molecule has 5 nitrogen and oxygen atoms in total. The van der Waals surface area contributed by atoms with Crippen molar-refractivity contribution in [2.45, 2.75) is 52.0 Å². The quantitative estimate of drug-likeness (QED) is 0.674. The number of nitrogens with one attached hydrogen (secondary N) is 1. The Morgan fingerprint density at radius 3 is 2.16 bits per heavy atom. The Hall–Kier alpha value is -1.36. The zero-order chi connectivity index (χ0) is 14.6. The van der Waals surface area contributed by atoms with E-state index in [2.05, 4.69) is 12.2 Å². The van der Waals surface area contributed by atoms with Crippen molar-refractivity contribution < 1.29 is 19.8 Å². The molecule has 19 heavy (non-hydrogen) atoms. The molecule has 1 fully saturated rings. The van der Waals surface area contributed by atoms with Gasteiger partial charge >= 0.3 is 5.97 Å². The molecule has 0 unspecified atom stereocenters. The molecule has 0 aromatic rings. The Bertz CT molecular complexity index is 392. The highest BCUT2D eigenvalue weighted by Gasteiger charge is 2.35. The van der Waals surface area contributed by atoms with Gasteiger partial charge in [-0.2, -0.15) is 0 Å². The normalized spacial score (nSPS) is 28.5. The molecule has 1 amide bonds. The third-order valence-electron chi connectivity index (χ3n) is 4.14. The lowest BCUT2D eigenvalue weighted by molar-refractivity contribution is -0.133. The van der Waals surface area contributed by atoms with E-state index in [1.807, 2.05) is 0 Å². The number of rotatable bonds is 4. The lowest BCUT2D eigenvalue weighted by Gasteiger charge is -2.38. The van der Waals surface area contributed by atoms with E-state index in [9.17, 15) is 14.7 Å². The van der Waals surface area contributed by atoms with Crippen molar-refractivity contribution in [3.63, 3.8) is 0 Å². The van der Waals surface area contributed by atoms with E-state index < -0.39 is 17.4 Å². The molecule has 0 atom stereocenters. The van der Waals surface area contributed by atoms with Crippen LogP contribution in [0.4, 0.5) is 0 Å². The number of aliphatic hydroxyl groups is 1. The maximum atomic E-state index is 12.1. The lowest BCUT2D eigenvalue weighted by Crippen LogP contribution is -2.53. The third-order valence-corrected chi connectivity index (χ3v) is 4.14. The van der Waals surface area contributed by atoms with E-state index in [0.29, 0.717) is 5.92 Å². The first-order chi connectivity index (χ1) is 8.81. The summed E-state index contributed by atoms with van der Waals surface area (Å²) in [4.78, 5) is 22.9. The molecule has 3 N–H and O–H groups in total. The number of hydrogen-bond donors (Lipinski definition) is 3. The molecular formula is C14H23NO4. The predicted octanol–water partition coefficient (Wildman–Crippen LogP) is 1.46. The smallest absolute Gasteiger partial charge is 0.331 e.